The fourth-order valence-corrected chi connectivity index (χ4v) is 2.93. The third-order valence-electron chi connectivity index (χ3n) is 4.12. The molecule has 0 bridgehead atoms. The summed E-state index contributed by atoms with van der Waals surface area (Å²) in [4.78, 5) is 14.7. The molecule has 1 heterocycles. The highest BCUT2D eigenvalue weighted by Crippen LogP contribution is 2.39. The van der Waals surface area contributed by atoms with Crippen LogP contribution in [0.4, 0.5) is 0 Å². The topological polar surface area (TPSA) is 80.8 Å². The minimum absolute atomic E-state index is 0.122. The summed E-state index contributed by atoms with van der Waals surface area (Å²) in [6.45, 7) is 0. The average Bonchev–Trinajstić information content (AvgIpc) is 2.98. The van der Waals surface area contributed by atoms with Crippen LogP contribution in [0.5, 0.6) is 17.2 Å². The molecule has 0 spiro atoms. The fraction of sp³-hybridized carbons (Fsp3) is 0.211. The van der Waals surface area contributed by atoms with Gasteiger partial charge in [0.15, 0.2) is 0 Å². The first-order valence-corrected chi connectivity index (χ1v) is 7.70. The number of aromatic nitrogens is 1. The van der Waals surface area contributed by atoms with Crippen molar-refractivity contribution in [1.82, 2.24) is 4.98 Å². The minimum Gasteiger partial charge on any atom is -0.497 e. The number of aromatic amines is 1. The van der Waals surface area contributed by atoms with Crippen LogP contribution in [-0.2, 0) is 11.2 Å². The second kappa shape index (κ2) is 6.76. The summed E-state index contributed by atoms with van der Waals surface area (Å²) in [5, 5.41) is 10.2. The van der Waals surface area contributed by atoms with E-state index in [0.29, 0.717) is 28.5 Å². The largest absolute Gasteiger partial charge is 0.497 e. The highest BCUT2D eigenvalue weighted by molar-refractivity contribution is 5.95. The molecule has 0 saturated heterocycles. The van der Waals surface area contributed by atoms with E-state index >= 15 is 0 Å². The predicted octanol–water partition coefficient (Wildman–Crippen LogP) is 3.49. The number of carbonyl (C=O) groups is 1. The molecule has 0 radical (unpaired) electrons. The summed E-state index contributed by atoms with van der Waals surface area (Å²) >= 11 is 0. The van der Waals surface area contributed by atoms with Gasteiger partial charge in [0.05, 0.1) is 33.4 Å². The standard InChI is InChI=1S/C19H19NO5/c1-23-11-4-6-16-13(8-11)14(10-18(21)22)19(20-16)15-9-12(24-2)5-7-17(15)25-3/h4-9,20H,10H2,1-3H3,(H,21,22). The highest BCUT2D eigenvalue weighted by atomic mass is 16.5. The zero-order valence-corrected chi connectivity index (χ0v) is 14.3. The number of aliphatic carboxylic acids is 1. The van der Waals surface area contributed by atoms with Crippen LogP contribution >= 0.6 is 0 Å². The molecule has 130 valence electrons. The maximum absolute atomic E-state index is 11.4. The molecule has 3 rings (SSSR count). The van der Waals surface area contributed by atoms with Crippen molar-refractivity contribution >= 4 is 16.9 Å². The molecule has 0 atom stereocenters. The van der Waals surface area contributed by atoms with Crippen LogP contribution in [0.3, 0.4) is 0 Å². The molecule has 0 fully saturated rings. The first-order chi connectivity index (χ1) is 12.1. The van der Waals surface area contributed by atoms with Crippen molar-refractivity contribution < 1.29 is 24.1 Å². The van der Waals surface area contributed by atoms with Crippen molar-refractivity contribution in [2.45, 2.75) is 6.42 Å². The Kier molecular flexibility index (Phi) is 4.52. The van der Waals surface area contributed by atoms with Crippen LogP contribution in [0.1, 0.15) is 5.56 Å². The van der Waals surface area contributed by atoms with Gasteiger partial charge in [-0.25, -0.2) is 0 Å². The number of H-pyrrole nitrogens is 1. The Morgan fingerprint density at radius 2 is 1.68 bits per heavy atom. The number of fused-ring (bicyclic) bond motifs is 1. The van der Waals surface area contributed by atoms with Crippen LogP contribution in [0, 0.1) is 0 Å². The van der Waals surface area contributed by atoms with E-state index in [-0.39, 0.29) is 6.42 Å². The van der Waals surface area contributed by atoms with Crippen LogP contribution in [0.25, 0.3) is 22.2 Å². The molecule has 2 N–H and O–H groups in total. The van der Waals surface area contributed by atoms with Gasteiger partial charge in [0.25, 0.3) is 0 Å². The molecule has 0 aliphatic rings. The lowest BCUT2D eigenvalue weighted by molar-refractivity contribution is -0.136. The number of ether oxygens (including phenoxy) is 3. The molecule has 25 heavy (non-hydrogen) atoms. The second-order valence-electron chi connectivity index (χ2n) is 5.53. The molecule has 0 aliphatic heterocycles. The predicted molar refractivity (Wildman–Crippen MR) is 94.7 cm³/mol. The fourth-order valence-electron chi connectivity index (χ4n) is 2.93. The van der Waals surface area contributed by atoms with Gasteiger partial charge >= 0.3 is 5.97 Å². The van der Waals surface area contributed by atoms with Gasteiger partial charge in [-0.15, -0.1) is 0 Å². The Morgan fingerprint density at radius 3 is 2.32 bits per heavy atom. The van der Waals surface area contributed by atoms with E-state index in [1.165, 1.54) is 0 Å². The first kappa shape index (κ1) is 16.7. The van der Waals surface area contributed by atoms with E-state index in [9.17, 15) is 9.90 Å². The number of rotatable bonds is 6. The number of carboxylic acids is 1. The zero-order valence-electron chi connectivity index (χ0n) is 14.3. The van der Waals surface area contributed by atoms with E-state index in [0.717, 1.165) is 16.5 Å². The average molecular weight is 341 g/mol. The number of hydrogen-bond donors (Lipinski definition) is 2. The summed E-state index contributed by atoms with van der Waals surface area (Å²) < 4.78 is 16.0. The summed E-state index contributed by atoms with van der Waals surface area (Å²) in [5.74, 6) is 1.05. The molecule has 0 unspecified atom stereocenters. The molecular formula is C19H19NO5. The quantitative estimate of drug-likeness (QED) is 0.717. The Balaban J connectivity index is 2.30. The molecule has 6 nitrogen and oxygen atoms in total. The second-order valence-corrected chi connectivity index (χ2v) is 5.53. The smallest absolute Gasteiger partial charge is 0.307 e. The van der Waals surface area contributed by atoms with Crippen molar-refractivity contribution in [2.24, 2.45) is 0 Å². The summed E-state index contributed by atoms with van der Waals surface area (Å²) in [5.41, 5.74) is 2.94. The van der Waals surface area contributed by atoms with Crippen LogP contribution < -0.4 is 14.2 Å². The van der Waals surface area contributed by atoms with E-state index in [2.05, 4.69) is 4.98 Å². The lowest BCUT2D eigenvalue weighted by Gasteiger charge is -2.11. The van der Waals surface area contributed by atoms with Crippen LogP contribution in [0.2, 0.25) is 0 Å². The molecule has 1 aromatic heterocycles. The third kappa shape index (κ3) is 3.10. The molecule has 0 aliphatic carbocycles. The maximum atomic E-state index is 11.4. The molecular weight excluding hydrogens is 322 g/mol. The minimum atomic E-state index is -0.910. The third-order valence-corrected chi connectivity index (χ3v) is 4.12. The Bertz CT molecular complexity index is 929. The normalized spacial score (nSPS) is 10.7. The molecule has 2 aromatic carbocycles. The Labute approximate surface area is 145 Å². The van der Waals surface area contributed by atoms with Crippen molar-refractivity contribution in [3.63, 3.8) is 0 Å². The Hall–Kier alpha value is -3.15. The van der Waals surface area contributed by atoms with Gasteiger partial charge in [0.2, 0.25) is 0 Å². The van der Waals surface area contributed by atoms with Crippen molar-refractivity contribution in [2.75, 3.05) is 21.3 Å². The van der Waals surface area contributed by atoms with E-state index in [1.54, 1.807) is 33.5 Å². The van der Waals surface area contributed by atoms with E-state index < -0.39 is 5.97 Å². The lowest BCUT2D eigenvalue weighted by Crippen LogP contribution is -2.01. The Morgan fingerprint density at radius 1 is 1.00 bits per heavy atom. The van der Waals surface area contributed by atoms with E-state index in [4.69, 9.17) is 14.2 Å². The van der Waals surface area contributed by atoms with Crippen LogP contribution in [0.15, 0.2) is 36.4 Å². The van der Waals surface area contributed by atoms with Crippen molar-refractivity contribution in [3.05, 3.63) is 42.0 Å². The van der Waals surface area contributed by atoms with Gasteiger partial charge in [0, 0.05) is 16.5 Å². The number of carboxylic acid groups (broad SMARTS) is 1. The first-order valence-electron chi connectivity index (χ1n) is 7.70. The SMILES string of the molecule is COc1ccc(OC)c(-c2[nH]c3ccc(OC)cc3c2CC(=O)O)c1. The molecule has 0 saturated carbocycles. The van der Waals surface area contributed by atoms with Crippen molar-refractivity contribution in [1.29, 1.82) is 0 Å². The van der Waals surface area contributed by atoms with E-state index in [1.807, 2.05) is 24.3 Å². The van der Waals surface area contributed by atoms with Gasteiger partial charge in [-0.05, 0) is 42.0 Å². The van der Waals surface area contributed by atoms with Gasteiger partial charge < -0.3 is 24.3 Å². The number of hydrogen-bond acceptors (Lipinski definition) is 4. The summed E-state index contributed by atoms with van der Waals surface area (Å²) in [6, 6.07) is 11.0. The molecule has 0 amide bonds. The summed E-state index contributed by atoms with van der Waals surface area (Å²) in [7, 11) is 4.74. The van der Waals surface area contributed by atoms with Crippen molar-refractivity contribution in [3.8, 4) is 28.5 Å². The van der Waals surface area contributed by atoms with Gasteiger partial charge in [-0.1, -0.05) is 0 Å². The van der Waals surface area contributed by atoms with Crippen LogP contribution in [-0.4, -0.2) is 37.4 Å². The lowest BCUT2D eigenvalue weighted by atomic mass is 10.0. The molecule has 3 aromatic rings. The highest BCUT2D eigenvalue weighted by Gasteiger charge is 2.19. The molecule has 6 heteroatoms. The number of benzene rings is 2. The van der Waals surface area contributed by atoms with Gasteiger partial charge in [0.1, 0.15) is 17.2 Å². The number of methoxy groups -OCH3 is 3. The monoisotopic (exact) mass is 341 g/mol. The zero-order chi connectivity index (χ0) is 18.0. The summed E-state index contributed by atoms with van der Waals surface area (Å²) in [6.07, 6.45) is -0.122. The maximum Gasteiger partial charge on any atom is 0.307 e. The number of nitrogens with one attached hydrogen (secondary N) is 1. The van der Waals surface area contributed by atoms with Gasteiger partial charge in [-0.3, -0.25) is 4.79 Å². The van der Waals surface area contributed by atoms with Gasteiger partial charge in [-0.2, -0.15) is 0 Å².